The largest absolute Gasteiger partial charge is 0.336 e. The van der Waals surface area contributed by atoms with Gasteiger partial charge in [0.15, 0.2) is 0 Å². The van der Waals surface area contributed by atoms with E-state index in [0.29, 0.717) is 5.57 Å². The molecule has 0 aromatic rings. The van der Waals surface area contributed by atoms with Gasteiger partial charge in [0.05, 0.1) is 6.17 Å². The molecule has 3 heteroatoms. The second-order valence-corrected chi connectivity index (χ2v) is 4.99. The molecule has 0 heterocycles. The molecule has 1 unspecified atom stereocenters. The summed E-state index contributed by atoms with van der Waals surface area (Å²) in [5.41, 5.74) is 0.551. The lowest BCUT2D eigenvalue weighted by Crippen LogP contribution is -2.52. The molecule has 0 aromatic carbocycles. The molecule has 0 aliphatic carbocycles. The van der Waals surface area contributed by atoms with Gasteiger partial charge in [0, 0.05) is 5.57 Å². The molecule has 0 bridgehead atoms. The smallest absolute Gasteiger partial charge is 0.247 e. The molecule has 0 aromatic heterocycles. The molecule has 82 valence electrons. The molecule has 0 saturated heterocycles. The molecule has 0 aliphatic rings. The fourth-order valence-electron chi connectivity index (χ4n) is 1.37. The molecule has 0 fully saturated rings. The summed E-state index contributed by atoms with van der Waals surface area (Å²) < 4.78 is 0. The summed E-state index contributed by atoms with van der Waals surface area (Å²) in [7, 11) is 3.91. The lowest BCUT2D eigenvalue weighted by molar-refractivity contribution is -0.120. The lowest BCUT2D eigenvalue weighted by Gasteiger charge is -2.36. The summed E-state index contributed by atoms with van der Waals surface area (Å²) in [4.78, 5) is 13.5. The highest BCUT2D eigenvalue weighted by Gasteiger charge is 2.27. The average Bonchev–Trinajstić information content (AvgIpc) is 1.96. The third-order valence-electron chi connectivity index (χ3n) is 1.99. The predicted molar refractivity (Wildman–Crippen MR) is 59.9 cm³/mol. The first-order valence-corrected chi connectivity index (χ1v) is 4.79. The van der Waals surface area contributed by atoms with Crippen molar-refractivity contribution in [3.8, 4) is 0 Å². The Morgan fingerprint density at radius 1 is 1.36 bits per heavy atom. The van der Waals surface area contributed by atoms with Crippen molar-refractivity contribution >= 4 is 5.91 Å². The summed E-state index contributed by atoms with van der Waals surface area (Å²) >= 11 is 0. The second-order valence-electron chi connectivity index (χ2n) is 4.99. The molecule has 1 atom stereocenters. The number of nitrogens with one attached hydrogen (secondary N) is 1. The Morgan fingerprint density at radius 2 is 1.79 bits per heavy atom. The van der Waals surface area contributed by atoms with E-state index in [0.717, 1.165) is 0 Å². The van der Waals surface area contributed by atoms with Crippen LogP contribution in [-0.4, -0.2) is 31.1 Å². The SMILES string of the molecule is C=C(C)C(=O)NC(N(C)C)C(C)(C)C. The van der Waals surface area contributed by atoms with Gasteiger partial charge in [0.25, 0.3) is 0 Å². The zero-order chi connectivity index (χ0) is 11.5. The van der Waals surface area contributed by atoms with Gasteiger partial charge in [-0.2, -0.15) is 0 Å². The van der Waals surface area contributed by atoms with Crippen LogP contribution in [0.15, 0.2) is 12.2 Å². The van der Waals surface area contributed by atoms with E-state index in [4.69, 9.17) is 0 Å². The van der Waals surface area contributed by atoms with Crippen LogP contribution in [0, 0.1) is 5.41 Å². The van der Waals surface area contributed by atoms with Crippen molar-refractivity contribution in [2.45, 2.75) is 33.9 Å². The molecule has 1 N–H and O–H groups in total. The van der Waals surface area contributed by atoms with Crippen LogP contribution in [0.25, 0.3) is 0 Å². The van der Waals surface area contributed by atoms with Crippen molar-refractivity contribution in [2.24, 2.45) is 5.41 Å². The molecule has 14 heavy (non-hydrogen) atoms. The van der Waals surface area contributed by atoms with Crippen molar-refractivity contribution in [1.82, 2.24) is 10.2 Å². The molecule has 0 rings (SSSR count). The van der Waals surface area contributed by atoms with Crippen molar-refractivity contribution in [1.29, 1.82) is 0 Å². The first-order valence-electron chi connectivity index (χ1n) is 4.79. The first kappa shape index (κ1) is 13.2. The van der Waals surface area contributed by atoms with Gasteiger partial charge in [0.1, 0.15) is 0 Å². The van der Waals surface area contributed by atoms with E-state index in [-0.39, 0.29) is 17.5 Å². The standard InChI is InChI=1S/C11H22N2O/c1-8(2)9(14)12-10(13(6)7)11(3,4)5/h10H,1H2,2-7H3,(H,12,14). The van der Waals surface area contributed by atoms with E-state index in [9.17, 15) is 4.79 Å². The van der Waals surface area contributed by atoms with Crippen LogP contribution in [0.4, 0.5) is 0 Å². The molecular formula is C11H22N2O. The van der Waals surface area contributed by atoms with Gasteiger partial charge in [-0.25, -0.2) is 0 Å². The number of hydrogen-bond donors (Lipinski definition) is 1. The highest BCUT2D eigenvalue weighted by atomic mass is 16.1. The molecule has 0 radical (unpaired) electrons. The van der Waals surface area contributed by atoms with E-state index in [1.807, 2.05) is 19.0 Å². The molecular weight excluding hydrogens is 176 g/mol. The van der Waals surface area contributed by atoms with E-state index in [1.165, 1.54) is 0 Å². The highest BCUT2D eigenvalue weighted by Crippen LogP contribution is 2.20. The zero-order valence-corrected chi connectivity index (χ0v) is 10.1. The van der Waals surface area contributed by atoms with Crippen LogP contribution in [0.2, 0.25) is 0 Å². The second kappa shape index (κ2) is 4.60. The molecule has 0 spiro atoms. The van der Waals surface area contributed by atoms with Crippen molar-refractivity contribution in [3.63, 3.8) is 0 Å². The van der Waals surface area contributed by atoms with E-state index in [2.05, 4.69) is 32.7 Å². The van der Waals surface area contributed by atoms with Gasteiger partial charge < -0.3 is 5.32 Å². The Bertz CT molecular complexity index is 226. The molecule has 0 aliphatic heterocycles. The van der Waals surface area contributed by atoms with Gasteiger partial charge in [0.2, 0.25) is 5.91 Å². The number of amides is 1. The van der Waals surface area contributed by atoms with Crippen LogP contribution < -0.4 is 5.32 Å². The molecule has 3 nitrogen and oxygen atoms in total. The number of nitrogens with zero attached hydrogens (tertiary/aromatic N) is 1. The Balaban J connectivity index is 4.56. The molecule has 1 amide bonds. The quantitative estimate of drug-likeness (QED) is 0.552. The van der Waals surface area contributed by atoms with Crippen molar-refractivity contribution in [3.05, 3.63) is 12.2 Å². The van der Waals surface area contributed by atoms with Crippen LogP contribution in [0.1, 0.15) is 27.7 Å². The van der Waals surface area contributed by atoms with E-state index < -0.39 is 0 Å². The maximum atomic E-state index is 11.5. The van der Waals surface area contributed by atoms with Crippen LogP contribution in [0.5, 0.6) is 0 Å². The monoisotopic (exact) mass is 198 g/mol. The van der Waals surface area contributed by atoms with Gasteiger partial charge in [-0.3, -0.25) is 9.69 Å². The number of carbonyl (C=O) groups excluding carboxylic acids is 1. The Kier molecular flexibility index (Phi) is 4.33. The van der Waals surface area contributed by atoms with Crippen molar-refractivity contribution < 1.29 is 4.79 Å². The minimum Gasteiger partial charge on any atom is -0.336 e. The van der Waals surface area contributed by atoms with E-state index in [1.54, 1.807) is 6.92 Å². The number of hydrogen-bond acceptors (Lipinski definition) is 2. The summed E-state index contributed by atoms with van der Waals surface area (Å²) in [5.74, 6) is -0.0846. The maximum Gasteiger partial charge on any atom is 0.247 e. The first-order chi connectivity index (χ1) is 6.16. The summed E-state index contributed by atoms with van der Waals surface area (Å²) in [6.07, 6.45) is 0.0201. The maximum absolute atomic E-state index is 11.5. The molecule has 0 saturated carbocycles. The zero-order valence-electron chi connectivity index (χ0n) is 10.1. The normalized spacial score (nSPS) is 13.9. The highest BCUT2D eigenvalue weighted by molar-refractivity contribution is 5.92. The minimum atomic E-state index is -0.0846. The topological polar surface area (TPSA) is 32.3 Å². The van der Waals surface area contributed by atoms with Crippen LogP contribution >= 0.6 is 0 Å². The van der Waals surface area contributed by atoms with Gasteiger partial charge >= 0.3 is 0 Å². The van der Waals surface area contributed by atoms with Gasteiger partial charge in [-0.15, -0.1) is 0 Å². The van der Waals surface area contributed by atoms with Gasteiger partial charge in [-0.1, -0.05) is 27.4 Å². The fraction of sp³-hybridized carbons (Fsp3) is 0.727. The summed E-state index contributed by atoms with van der Waals surface area (Å²) in [5, 5.41) is 2.94. The predicted octanol–water partition coefficient (Wildman–Crippen LogP) is 1.61. The van der Waals surface area contributed by atoms with E-state index >= 15 is 0 Å². The summed E-state index contributed by atoms with van der Waals surface area (Å²) in [6.45, 7) is 11.6. The van der Waals surface area contributed by atoms with Crippen LogP contribution in [0.3, 0.4) is 0 Å². The number of rotatable bonds is 3. The summed E-state index contributed by atoms with van der Waals surface area (Å²) in [6, 6.07) is 0. The minimum absolute atomic E-state index is 0.00854. The van der Waals surface area contributed by atoms with Crippen LogP contribution in [-0.2, 0) is 4.79 Å². The van der Waals surface area contributed by atoms with Crippen molar-refractivity contribution in [2.75, 3.05) is 14.1 Å². The third kappa shape index (κ3) is 3.92. The third-order valence-corrected chi connectivity index (χ3v) is 1.99. The van der Waals surface area contributed by atoms with Gasteiger partial charge in [-0.05, 0) is 26.4 Å². The Hall–Kier alpha value is -0.830. The Labute approximate surface area is 87.2 Å². The lowest BCUT2D eigenvalue weighted by atomic mass is 9.91. The fourth-order valence-corrected chi connectivity index (χ4v) is 1.37. The number of carbonyl (C=O) groups is 1. The average molecular weight is 198 g/mol. The Morgan fingerprint density at radius 3 is 2.00 bits per heavy atom.